The van der Waals surface area contributed by atoms with E-state index in [-0.39, 0.29) is 12.2 Å². The highest BCUT2D eigenvalue weighted by molar-refractivity contribution is 5.99. The molecule has 102 valence electrons. The van der Waals surface area contributed by atoms with Crippen LogP contribution in [0.15, 0.2) is 49.1 Å². The van der Waals surface area contributed by atoms with Gasteiger partial charge in [-0.2, -0.15) is 5.10 Å². The van der Waals surface area contributed by atoms with Crippen molar-refractivity contribution in [2.75, 3.05) is 0 Å². The van der Waals surface area contributed by atoms with E-state index in [4.69, 9.17) is 4.74 Å². The van der Waals surface area contributed by atoms with Crippen LogP contribution in [0.4, 0.5) is 0 Å². The molecule has 3 aromatic heterocycles. The van der Waals surface area contributed by atoms with Crippen LogP contribution < -0.4 is 4.74 Å². The molecule has 0 N–H and O–H groups in total. The van der Waals surface area contributed by atoms with Gasteiger partial charge >= 0.3 is 0 Å². The summed E-state index contributed by atoms with van der Waals surface area (Å²) in [6.07, 6.45) is 6.90. The van der Waals surface area contributed by atoms with Gasteiger partial charge in [-0.1, -0.05) is 6.07 Å². The molecule has 6 nitrogen and oxygen atoms in total. The molecule has 0 amide bonds. The van der Waals surface area contributed by atoms with Crippen molar-refractivity contribution in [3.05, 3.63) is 60.3 Å². The van der Waals surface area contributed by atoms with Gasteiger partial charge < -0.3 is 4.74 Å². The van der Waals surface area contributed by atoms with Crippen LogP contribution in [0.2, 0.25) is 0 Å². The van der Waals surface area contributed by atoms with E-state index in [0.717, 1.165) is 11.3 Å². The quantitative estimate of drug-likeness (QED) is 0.682. The van der Waals surface area contributed by atoms with Crippen molar-refractivity contribution in [3.63, 3.8) is 0 Å². The van der Waals surface area contributed by atoms with E-state index >= 15 is 0 Å². The van der Waals surface area contributed by atoms with Gasteiger partial charge in [0.05, 0.1) is 18.1 Å². The molecule has 0 saturated carbocycles. The third kappa shape index (κ3) is 1.97. The van der Waals surface area contributed by atoms with Gasteiger partial charge in [-0.15, -0.1) is 0 Å². The summed E-state index contributed by atoms with van der Waals surface area (Å²) in [6.45, 7) is 0. The van der Waals surface area contributed by atoms with E-state index in [9.17, 15) is 4.79 Å². The van der Waals surface area contributed by atoms with E-state index in [1.165, 1.54) is 0 Å². The minimum atomic E-state index is -0.0839. The van der Waals surface area contributed by atoms with E-state index in [1.807, 2.05) is 18.2 Å². The minimum Gasteiger partial charge on any atom is -0.435 e. The average molecular weight is 278 g/mol. The van der Waals surface area contributed by atoms with Crippen LogP contribution in [0.1, 0.15) is 16.1 Å². The average Bonchev–Trinajstić information content (AvgIpc) is 2.89. The van der Waals surface area contributed by atoms with E-state index in [0.29, 0.717) is 17.3 Å². The van der Waals surface area contributed by atoms with Crippen molar-refractivity contribution in [3.8, 4) is 17.3 Å². The van der Waals surface area contributed by atoms with E-state index < -0.39 is 0 Å². The molecule has 0 aliphatic carbocycles. The molecule has 1 aliphatic rings. The number of ether oxygens (including phenoxy) is 1. The summed E-state index contributed by atoms with van der Waals surface area (Å²) in [5.41, 5.74) is 1.86. The second-order valence-electron chi connectivity index (χ2n) is 4.67. The molecule has 0 atom stereocenters. The maximum absolute atomic E-state index is 12.3. The molecule has 4 heterocycles. The normalized spacial score (nSPS) is 13.0. The van der Waals surface area contributed by atoms with Crippen LogP contribution in [0.25, 0.3) is 5.69 Å². The molecule has 0 fully saturated rings. The van der Waals surface area contributed by atoms with Gasteiger partial charge in [-0.05, 0) is 18.2 Å². The van der Waals surface area contributed by atoms with Crippen LogP contribution in [-0.2, 0) is 6.42 Å². The van der Waals surface area contributed by atoms with E-state index in [2.05, 4.69) is 15.1 Å². The minimum absolute atomic E-state index is 0.0839. The highest BCUT2D eigenvalue weighted by atomic mass is 16.5. The van der Waals surface area contributed by atoms with Crippen molar-refractivity contribution in [2.45, 2.75) is 6.42 Å². The molecule has 0 aromatic carbocycles. The Kier molecular flexibility index (Phi) is 2.53. The van der Waals surface area contributed by atoms with Crippen LogP contribution >= 0.6 is 0 Å². The molecular weight excluding hydrogens is 268 g/mol. The lowest BCUT2D eigenvalue weighted by Crippen LogP contribution is -2.05. The fourth-order valence-electron chi connectivity index (χ4n) is 2.26. The van der Waals surface area contributed by atoms with Gasteiger partial charge in [0.15, 0.2) is 17.2 Å². The number of rotatable bonds is 1. The first kappa shape index (κ1) is 11.8. The predicted octanol–water partition coefficient (Wildman–Crippen LogP) is 2.19. The molecule has 21 heavy (non-hydrogen) atoms. The summed E-state index contributed by atoms with van der Waals surface area (Å²) in [5, 5.41) is 4.32. The maximum Gasteiger partial charge on any atom is 0.223 e. The SMILES string of the molecule is O=C1Cc2cccnc2Oc2cn(-c3cccnc3)nc21. The zero-order chi connectivity index (χ0) is 14.2. The first-order valence-electron chi connectivity index (χ1n) is 6.46. The number of carbonyl (C=O) groups is 1. The monoisotopic (exact) mass is 278 g/mol. The number of hydrogen-bond acceptors (Lipinski definition) is 5. The molecular formula is C15H10N4O2. The van der Waals surface area contributed by atoms with Gasteiger partial charge in [0.2, 0.25) is 5.88 Å². The molecule has 1 aliphatic heterocycles. The van der Waals surface area contributed by atoms with Gasteiger partial charge in [0.1, 0.15) is 0 Å². The predicted molar refractivity (Wildman–Crippen MR) is 73.7 cm³/mol. The van der Waals surface area contributed by atoms with Crippen molar-refractivity contribution in [1.82, 2.24) is 19.7 Å². The van der Waals surface area contributed by atoms with Crippen molar-refractivity contribution >= 4 is 5.78 Å². The summed E-state index contributed by atoms with van der Waals surface area (Å²) in [4.78, 5) is 20.5. The van der Waals surface area contributed by atoms with Gasteiger partial charge in [0, 0.05) is 24.4 Å². The lowest BCUT2D eigenvalue weighted by atomic mass is 10.1. The van der Waals surface area contributed by atoms with Crippen molar-refractivity contribution in [1.29, 1.82) is 0 Å². The molecule has 0 radical (unpaired) electrons. The summed E-state index contributed by atoms with van der Waals surface area (Å²) < 4.78 is 7.33. The zero-order valence-corrected chi connectivity index (χ0v) is 10.9. The number of pyridine rings is 2. The summed E-state index contributed by atoms with van der Waals surface area (Å²) in [7, 11) is 0. The molecule has 0 spiro atoms. The zero-order valence-electron chi connectivity index (χ0n) is 10.9. The fourth-order valence-corrected chi connectivity index (χ4v) is 2.26. The Labute approximate surface area is 120 Å². The van der Waals surface area contributed by atoms with Crippen molar-refractivity contribution < 1.29 is 9.53 Å². The highest BCUT2D eigenvalue weighted by Crippen LogP contribution is 2.31. The Morgan fingerprint density at radius 1 is 1.19 bits per heavy atom. The number of ketones is 1. The maximum atomic E-state index is 12.3. The lowest BCUT2D eigenvalue weighted by Gasteiger charge is -2.03. The second kappa shape index (κ2) is 4.52. The second-order valence-corrected chi connectivity index (χ2v) is 4.67. The van der Waals surface area contributed by atoms with Crippen LogP contribution in [0.3, 0.4) is 0 Å². The Hall–Kier alpha value is -3.02. The Morgan fingerprint density at radius 3 is 2.95 bits per heavy atom. The molecule has 3 aromatic rings. The van der Waals surface area contributed by atoms with E-state index in [1.54, 1.807) is 35.5 Å². The Bertz CT molecular complexity index is 827. The molecule has 0 saturated heterocycles. The van der Waals surface area contributed by atoms with Gasteiger partial charge in [-0.25, -0.2) is 9.67 Å². The number of fused-ring (bicyclic) bond motifs is 2. The topological polar surface area (TPSA) is 69.9 Å². The number of aromatic nitrogens is 4. The Balaban J connectivity index is 1.82. The lowest BCUT2D eigenvalue weighted by molar-refractivity contribution is 0.0988. The van der Waals surface area contributed by atoms with Crippen molar-refractivity contribution in [2.24, 2.45) is 0 Å². The largest absolute Gasteiger partial charge is 0.435 e. The van der Waals surface area contributed by atoms with Crippen LogP contribution in [-0.4, -0.2) is 25.5 Å². The first-order valence-corrected chi connectivity index (χ1v) is 6.46. The van der Waals surface area contributed by atoms with Gasteiger partial charge in [-0.3, -0.25) is 9.78 Å². The Morgan fingerprint density at radius 2 is 2.10 bits per heavy atom. The van der Waals surface area contributed by atoms with Crippen LogP contribution in [0.5, 0.6) is 11.6 Å². The molecule has 4 rings (SSSR count). The molecule has 0 unspecified atom stereocenters. The number of carbonyl (C=O) groups excluding carboxylic acids is 1. The van der Waals surface area contributed by atoms with Crippen LogP contribution in [0, 0.1) is 0 Å². The highest BCUT2D eigenvalue weighted by Gasteiger charge is 2.25. The molecule has 6 heteroatoms. The third-order valence-corrected chi connectivity index (χ3v) is 3.26. The summed E-state index contributed by atoms with van der Waals surface area (Å²) in [5.74, 6) is 0.788. The fraction of sp³-hybridized carbons (Fsp3) is 0.0667. The standard InChI is InChI=1S/C15H10N4O2/c20-12-7-10-3-1-6-17-15(10)21-13-9-19(18-14(12)13)11-4-2-5-16-8-11/h1-6,8-9H,7H2. The third-order valence-electron chi connectivity index (χ3n) is 3.26. The number of nitrogens with zero attached hydrogens (tertiary/aromatic N) is 4. The number of Topliss-reactive ketones (excluding diaryl/α,β-unsaturated/α-hetero) is 1. The summed E-state index contributed by atoms with van der Waals surface area (Å²) >= 11 is 0. The smallest absolute Gasteiger partial charge is 0.223 e. The number of hydrogen-bond donors (Lipinski definition) is 0. The molecule has 0 bridgehead atoms. The van der Waals surface area contributed by atoms with Gasteiger partial charge in [0.25, 0.3) is 0 Å². The summed E-state index contributed by atoms with van der Waals surface area (Å²) in [6, 6.07) is 7.29. The first-order chi connectivity index (χ1) is 10.3.